The molecular formula is C21H20O8. The lowest BCUT2D eigenvalue weighted by molar-refractivity contribution is 0.0513. The number of carbonyl (C=O) groups excluding carboxylic acids is 2. The Morgan fingerprint density at radius 1 is 0.862 bits per heavy atom. The molecule has 0 aliphatic carbocycles. The summed E-state index contributed by atoms with van der Waals surface area (Å²) in [5, 5.41) is -0.227. The molecule has 0 aliphatic rings. The third-order valence-corrected chi connectivity index (χ3v) is 4.00. The van der Waals surface area contributed by atoms with Crippen molar-refractivity contribution in [1.29, 1.82) is 0 Å². The van der Waals surface area contributed by atoms with E-state index in [1.807, 2.05) is 0 Å². The number of esters is 2. The Morgan fingerprint density at radius 3 is 2.07 bits per heavy atom. The molecule has 0 aliphatic heterocycles. The number of rotatable bonds is 7. The Morgan fingerprint density at radius 2 is 1.48 bits per heavy atom. The van der Waals surface area contributed by atoms with Gasteiger partial charge in [0.1, 0.15) is 10.9 Å². The average molecular weight is 400 g/mol. The molecular weight excluding hydrogens is 380 g/mol. The van der Waals surface area contributed by atoms with Crippen LogP contribution in [0.2, 0.25) is 0 Å². The zero-order valence-corrected chi connectivity index (χ0v) is 16.3. The van der Waals surface area contributed by atoms with Crippen molar-refractivity contribution in [3.8, 4) is 17.3 Å². The minimum atomic E-state index is -0.857. The molecule has 8 nitrogen and oxygen atoms in total. The molecule has 2 aromatic heterocycles. The predicted molar refractivity (Wildman–Crippen MR) is 103 cm³/mol. The van der Waals surface area contributed by atoms with E-state index < -0.39 is 17.6 Å². The van der Waals surface area contributed by atoms with Gasteiger partial charge in [0.2, 0.25) is 0 Å². The van der Waals surface area contributed by atoms with Crippen molar-refractivity contribution in [2.45, 2.75) is 20.8 Å². The number of carbonyl (C=O) groups is 2. The smallest absolute Gasteiger partial charge is 0.348 e. The maximum atomic E-state index is 12.8. The molecule has 0 N–H and O–H groups in total. The van der Waals surface area contributed by atoms with Gasteiger partial charge in [-0.25, -0.2) is 14.4 Å². The molecule has 2 heterocycles. The monoisotopic (exact) mass is 400 g/mol. The van der Waals surface area contributed by atoms with E-state index in [9.17, 15) is 14.4 Å². The van der Waals surface area contributed by atoms with Gasteiger partial charge in [-0.05, 0) is 20.8 Å². The fourth-order valence-corrected chi connectivity index (χ4v) is 2.88. The molecule has 0 radical (unpaired) electrons. The van der Waals surface area contributed by atoms with Crippen LogP contribution >= 0.6 is 0 Å². The fraction of sp³-hybridized carbons (Fsp3) is 0.286. The van der Waals surface area contributed by atoms with Crippen LogP contribution in [0, 0.1) is 0 Å². The van der Waals surface area contributed by atoms with Gasteiger partial charge < -0.3 is 23.0 Å². The number of hydrogen-bond donors (Lipinski definition) is 0. The first-order valence-electron chi connectivity index (χ1n) is 9.19. The minimum absolute atomic E-state index is 0.0197. The topological polar surface area (TPSA) is 105 Å². The summed E-state index contributed by atoms with van der Waals surface area (Å²) in [5.74, 6) is -1.81. The third-order valence-electron chi connectivity index (χ3n) is 4.00. The van der Waals surface area contributed by atoms with Crippen LogP contribution in [0.1, 0.15) is 41.5 Å². The van der Waals surface area contributed by atoms with Gasteiger partial charge in [-0.3, -0.25) is 0 Å². The number of benzene rings is 1. The van der Waals surface area contributed by atoms with Gasteiger partial charge >= 0.3 is 23.5 Å². The van der Waals surface area contributed by atoms with Crippen LogP contribution in [0.3, 0.4) is 0 Å². The van der Waals surface area contributed by atoms with Crippen LogP contribution in [-0.4, -0.2) is 31.8 Å². The van der Waals surface area contributed by atoms with Crippen molar-refractivity contribution in [3.63, 3.8) is 0 Å². The van der Waals surface area contributed by atoms with Gasteiger partial charge in [-0.2, -0.15) is 0 Å². The molecule has 0 atom stereocenters. The van der Waals surface area contributed by atoms with Gasteiger partial charge in [-0.15, -0.1) is 0 Å². The van der Waals surface area contributed by atoms with Crippen LogP contribution in [0.15, 0.2) is 44.0 Å². The zero-order chi connectivity index (χ0) is 21.0. The highest BCUT2D eigenvalue weighted by molar-refractivity contribution is 6.12. The van der Waals surface area contributed by atoms with E-state index in [2.05, 4.69) is 0 Å². The van der Waals surface area contributed by atoms with Gasteiger partial charge in [-0.1, -0.05) is 30.3 Å². The summed E-state index contributed by atoms with van der Waals surface area (Å²) in [6.45, 7) is 5.30. The van der Waals surface area contributed by atoms with Crippen LogP contribution < -0.4 is 10.4 Å². The van der Waals surface area contributed by atoms with Crippen LogP contribution in [0.5, 0.6) is 5.95 Å². The largest absolute Gasteiger partial charge is 0.465 e. The Kier molecular flexibility index (Phi) is 6.01. The summed E-state index contributed by atoms with van der Waals surface area (Å²) in [5.41, 5.74) is -0.858. The lowest BCUT2D eigenvalue weighted by atomic mass is 10.0. The summed E-state index contributed by atoms with van der Waals surface area (Å²) in [6.07, 6.45) is 0. The Labute approximate surface area is 166 Å². The summed E-state index contributed by atoms with van der Waals surface area (Å²) < 4.78 is 26.7. The van der Waals surface area contributed by atoms with E-state index in [0.717, 1.165) is 0 Å². The van der Waals surface area contributed by atoms with Crippen LogP contribution in [0.25, 0.3) is 22.3 Å². The molecule has 0 amide bonds. The van der Waals surface area contributed by atoms with Gasteiger partial charge in [0.15, 0.2) is 16.9 Å². The first-order chi connectivity index (χ1) is 14.0. The number of ether oxygens (including phenoxy) is 3. The SMILES string of the molecule is CCOC(=O)c1c(-c2ccccc2)oc(=O)c2c(C(=O)OCC)c(OCC)oc12. The first-order valence-corrected chi connectivity index (χ1v) is 9.19. The first kappa shape index (κ1) is 20.2. The molecule has 1 aromatic carbocycles. The van der Waals surface area contributed by atoms with E-state index in [0.29, 0.717) is 5.56 Å². The van der Waals surface area contributed by atoms with E-state index in [4.69, 9.17) is 23.0 Å². The average Bonchev–Trinajstić information content (AvgIpc) is 3.08. The number of furan rings is 1. The van der Waals surface area contributed by atoms with E-state index in [1.165, 1.54) is 0 Å². The summed E-state index contributed by atoms with van der Waals surface area (Å²) in [6, 6.07) is 8.58. The maximum absolute atomic E-state index is 12.8. The molecule has 0 saturated heterocycles. The summed E-state index contributed by atoms with van der Waals surface area (Å²) in [7, 11) is 0. The maximum Gasteiger partial charge on any atom is 0.348 e. The molecule has 29 heavy (non-hydrogen) atoms. The second-order valence-electron chi connectivity index (χ2n) is 5.80. The number of hydrogen-bond acceptors (Lipinski definition) is 8. The third kappa shape index (κ3) is 3.73. The molecule has 0 saturated carbocycles. The standard InChI is InChI=1S/C21H20O8/c1-4-25-18(22)14-13-17(29-21(14)27-6-3)15(19(23)26-5-2)16(28-20(13)24)12-10-8-7-9-11-12/h7-11H,4-6H2,1-3H3. The van der Waals surface area contributed by atoms with Crippen LogP contribution in [0.4, 0.5) is 0 Å². The highest BCUT2D eigenvalue weighted by atomic mass is 16.6. The second kappa shape index (κ2) is 8.64. The normalized spacial score (nSPS) is 10.7. The summed E-state index contributed by atoms with van der Waals surface area (Å²) >= 11 is 0. The number of fused-ring (bicyclic) bond motifs is 1. The lowest BCUT2D eigenvalue weighted by Gasteiger charge is -2.08. The van der Waals surface area contributed by atoms with Gasteiger partial charge in [0.05, 0.1) is 19.8 Å². The zero-order valence-electron chi connectivity index (χ0n) is 16.3. The van der Waals surface area contributed by atoms with Crippen molar-refractivity contribution in [1.82, 2.24) is 0 Å². The molecule has 3 rings (SSSR count). The van der Waals surface area contributed by atoms with E-state index in [-0.39, 0.29) is 53.6 Å². The van der Waals surface area contributed by atoms with Crippen molar-refractivity contribution < 1.29 is 32.6 Å². The van der Waals surface area contributed by atoms with Crippen molar-refractivity contribution in [2.75, 3.05) is 19.8 Å². The van der Waals surface area contributed by atoms with Crippen LogP contribution in [-0.2, 0) is 9.47 Å². The molecule has 8 heteroatoms. The van der Waals surface area contributed by atoms with Crippen molar-refractivity contribution >= 4 is 22.9 Å². The minimum Gasteiger partial charge on any atom is -0.465 e. The molecule has 152 valence electrons. The van der Waals surface area contributed by atoms with E-state index >= 15 is 0 Å². The highest BCUT2D eigenvalue weighted by Gasteiger charge is 2.33. The second-order valence-corrected chi connectivity index (χ2v) is 5.80. The Bertz CT molecular complexity index is 1090. The quantitative estimate of drug-likeness (QED) is 0.552. The Balaban J connectivity index is 2.41. The molecule has 0 unspecified atom stereocenters. The van der Waals surface area contributed by atoms with Gasteiger partial charge in [0.25, 0.3) is 0 Å². The van der Waals surface area contributed by atoms with E-state index in [1.54, 1.807) is 51.1 Å². The van der Waals surface area contributed by atoms with Crippen molar-refractivity contribution in [3.05, 3.63) is 51.9 Å². The highest BCUT2D eigenvalue weighted by Crippen LogP contribution is 2.37. The molecule has 3 aromatic rings. The molecule has 0 bridgehead atoms. The van der Waals surface area contributed by atoms with Gasteiger partial charge in [0, 0.05) is 5.56 Å². The fourth-order valence-electron chi connectivity index (χ4n) is 2.88. The summed E-state index contributed by atoms with van der Waals surface area (Å²) in [4.78, 5) is 38.0. The predicted octanol–water partition coefficient (Wildman–Crippen LogP) is 3.81. The molecule has 0 spiro atoms. The van der Waals surface area contributed by atoms with Crippen molar-refractivity contribution in [2.24, 2.45) is 0 Å². The lowest BCUT2D eigenvalue weighted by Crippen LogP contribution is -2.14. The Hall–Kier alpha value is -3.55. The molecule has 0 fully saturated rings.